The van der Waals surface area contributed by atoms with Gasteiger partial charge in [0, 0.05) is 41.0 Å². The van der Waals surface area contributed by atoms with Crippen LogP contribution in [0.25, 0.3) is 22.4 Å². The van der Waals surface area contributed by atoms with Crippen molar-refractivity contribution in [1.82, 2.24) is 25.3 Å². The Bertz CT molecular complexity index is 1290. The number of hydrogen-bond acceptors (Lipinski definition) is 5. The first-order valence-electron chi connectivity index (χ1n) is 10.9. The standard InChI is InChI=1S/C24H22ClFN6O/c25-15-10-16-17(12-28-21(16)27-11-15)22-29-13-18(26)23(32-22)30-19-8-4-5-9-20(19)31-24(33)14-6-2-1-3-7-14/h1-3,6-7,10-13,19-20H,4-5,8-9H2,(H,27,28)(H,31,33)(H,29,30,32)/t19?,20-/m1/s1. The summed E-state index contributed by atoms with van der Waals surface area (Å²) in [5.74, 6) is -0.222. The lowest BCUT2D eigenvalue weighted by molar-refractivity contribution is 0.0923. The molecule has 9 heteroatoms. The molecule has 0 saturated heterocycles. The maximum atomic E-state index is 14.7. The predicted molar refractivity (Wildman–Crippen MR) is 126 cm³/mol. The summed E-state index contributed by atoms with van der Waals surface area (Å²) in [6.45, 7) is 0. The van der Waals surface area contributed by atoms with E-state index in [1.807, 2.05) is 18.2 Å². The van der Waals surface area contributed by atoms with Gasteiger partial charge in [-0.2, -0.15) is 0 Å². The van der Waals surface area contributed by atoms with E-state index in [1.165, 1.54) is 0 Å². The number of nitrogens with one attached hydrogen (secondary N) is 3. The number of halogens is 2. The zero-order valence-electron chi connectivity index (χ0n) is 17.7. The molecule has 3 N–H and O–H groups in total. The molecule has 0 spiro atoms. The number of fused-ring (bicyclic) bond motifs is 1. The molecule has 168 valence electrons. The average molecular weight is 465 g/mol. The Labute approximate surface area is 194 Å². The summed E-state index contributed by atoms with van der Waals surface area (Å²) < 4.78 is 14.7. The van der Waals surface area contributed by atoms with Gasteiger partial charge in [-0.25, -0.2) is 19.3 Å². The number of H-pyrrole nitrogens is 1. The van der Waals surface area contributed by atoms with Crippen LogP contribution in [0.15, 0.2) is 55.0 Å². The fourth-order valence-corrected chi connectivity index (χ4v) is 4.41. The van der Waals surface area contributed by atoms with Crippen LogP contribution in [0.2, 0.25) is 5.02 Å². The van der Waals surface area contributed by atoms with Gasteiger partial charge in [-0.15, -0.1) is 0 Å². The number of aromatic nitrogens is 4. The summed E-state index contributed by atoms with van der Waals surface area (Å²) in [5.41, 5.74) is 1.93. The fourth-order valence-electron chi connectivity index (χ4n) is 4.25. The van der Waals surface area contributed by atoms with Gasteiger partial charge >= 0.3 is 0 Å². The molecule has 1 unspecified atom stereocenters. The second-order valence-corrected chi connectivity index (χ2v) is 8.56. The van der Waals surface area contributed by atoms with Crippen molar-refractivity contribution in [2.24, 2.45) is 0 Å². The smallest absolute Gasteiger partial charge is 0.251 e. The van der Waals surface area contributed by atoms with Gasteiger partial charge in [-0.3, -0.25) is 4.79 Å². The summed E-state index contributed by atoms with van der Waals surface area (Å²) >= 11 is 6.10. The van der Waals surface area contributed by atoms with E-state index in [1.54, 1.807) is 30.6 Å². The van der Waals surface area contributed by atoms with E-state index in [0.717, 1.165) is 37.3 Å². The number of nitrogens with zero attached hydrogens (tertiary/aromatic N) is 3. The van der Waals surface area contributed by atoms with Crippen LogP contribution < -0.4 is 10.6 Å². The van der Waals surface area contributed by atoms with Crippen molar-refractivity contribution in [3.8, 4) is 11.4 Å². The van der Waals surface area contributed by atoms with E-state index in [4.69, 9.17) is 11.6 Å². The second-order valence-electron chi connectivity index (χ2n) is 8.12. The first-order chi connectivity index (χ1) is 16.1. The molecule has 7 nitrogen and oxygen atoms in total. The number of anilines is 1. The minimum Gasteiger partial charge on any atom is -0.363 e. The lowest BCUT2D eigenvalue weighted by Crippen LogP contribution is -2.48. The number of amides is 1. The first-order valence-corrected chi connectivity index (χ1v) is 11.2. The molecule has 1 aliphatic rings. The zero-order valence-corrected chi connectivity index (χ0v) is 18.4. The van der Waals surface area contributed by atoms with Crippen molar-refractivity contribution in [3.63, 3.8) is 0 Å². The molecule has 1 fully saturated rings. The molecule has 3 heterocycles. The van der Waals surface area contributed by atoms with E-state index in [0.29, 0.717) is 27.6 Å². The lowest BCUT2D eigenvalue weighted by Gasteiger charge is -2.33. The number of carbonyl (C=O) groups is 1. The molecule has 0 bridgehead atoms. The van der Waals surface area contributed by atoms with Gasteiger partial charge in [0.15, 0.2) is 17.5 Å². The third kappa shape index (κ3) is 4.52. The molecular weight excluding hydrogens is 443 g/mol. The Morgan fingerprint density at radius 1 is 1.09 bits per heavy atom. The van der Waals surface area contributed by atoms with E-state index in [2.05, 4.69) is 30.6 Å². The van der Waals surface area contributed by atoms with Gasteiger partial charge in [0.2, 0.25) is 0 Å². The quantitative estimate of drug-likeness (QED) is 0.387. The van der Waals surface area contributed by atoms with Gasteiger partial charge < -0.3 is 15.6 Å². The molecule has 1 amide bonds. The van der Waals surface area contributed by atoms with Crippen LogP contribution in [0.4, 0.5) is 10.2 Å². The maximum absolute atomic E-state index is 14.7. The minimum atomic E-state index is -0.548. The molecule has 5 rings (SSSR count). The SMILES string of the molecule is O=C(N[C@@H]1CCCCC1Nc1nc(-c2c[nH]c3ncc(Cl)cc23)ncc1F)c1ccccc1. The van der Waals surface area contributed by atoms with Gasteiger partial charge in [0.1, 0.15) is 5.65 Å². The van der Waals surface area contributed by atoms with Crippen LogP contribution in [0.1, 0.15) is 36.0 Å². The van der Waals surface area contributed by atoms with Crippen LogP contribution in [0, 0.1) is 5.82 Å². The molecule has 1 aliphatic carbocycles. The monoisotopic (exact) mass is 464 g/mol. The normalized spacial score (nSPS) is 18.2. The van der Waals surface area contributed by atoms with Crippen molar-refractivity contribution in [2.75, 3.05) is 5.32 Å². The number of rotatable bonds is 5. The Kier molecular flexibility index (Phi) is 5.92. The molecule has 3 aromatic heterocycles. The summed E-state index contributed by atoms with van der Waals surface area (Å²) in [4.78, 5) is 28.6. The van der Waals surface area contributed by atoms with Crippen molar-refractivity contribution in [2.45, 2.75) is 37.8 Å². The zero-order chi connectivity index (χ0) is 22.8. The number of carbonyl (C=O) groups excluding carboxylic acids is 1. The summed E-state index contributed by atoms with van der Waals surface area (Å²) in [6.07, 6.45) is 8.03. The molecule has 1 saturated carbocycles. The molecule has 33 heavy (non-hydrogen) atoms. The topological polar surface area (TPSA) is 95.6 Å². The molecule has 1 aromatic carbocycles. The van der Waals surface area contributed by atoms with E-state index >= 15 is 0 Å². The van der Waals surface area contributed by atoms with Crippen LogP contribution >= 0.6 is 11.6 Å². The lowest BCUT2D eigenvalue weighted by atomic mass is 9.90. The van der Waals surface area contributed by atoms with Crippen molar-refractivity contribution >= 4 is 34.4 Å². The molecule has 0 radical (unpaired) electrons. The molecular formula is C24H22ClFN6O. The van der Waals surface area contributed by atoms with Gasteiger partial charge in [-0.05, 0) is 31.0 Å². The third-order valence-electron chi connectivity index (χ3n) is 5.92. The minimum absolute atomic E-state index is 0.107. The average Bonchev–Trinajstić information content (AvgIpc) is 3.25. The fraction of sp³-hybridized carbons (Fsp3) is 0.250. The van der Waals surface area contributed by atoms with E-state index in [9.17, 15) is 9.18 Å². The third-order valence-corrected chi connectivity index (χ3v) is 6.13. The Balaban J connectivity index is 1.39. The first kappa shape index (κ1) is 21.3. The predicted octanol–water partition coefficient (Wildman–Crippen LogP) is 4.97. The maximum Gasteiger partial charge on any atom is 0.251 e. The van der Waals surface area contributed by atoms with Crippen molar-refractivity contribution < 1.29 is 9.18 Å². The highest BCUT2D eigenvalue weighted by molar-refractivity contribution is 6.31. The summed E-state index contributed by atoms with van der Waals surface area (Å²) in [7, 11) is 0. The summed E-state index contributed by atoms with van der Waals surface area (Å²) in [6, 6.07) is 10.6. The van der Waals surface area contributed by atoms with E-state index < -0.39 is 5.82 Å². The Morgan fingerprint density at radius 2 is 1.88 bits per heavy atom. The number of hydrogen-bond donors (Lipinski definition) is 3. The molecule has 4 aromatic rings. The molecule has 2 atom stereocenters. The van der Waals surface area contributed by atoms with Crippen LogP contribution in [-0.4, -0.2) is 37.9 Å². The Morgan fingerprint density at radius 3 is 2.70 bits per heavy atom. The largest absolute Gasteiger partial charge is 0.363 e. The second kappa shape index (κ2) is 9.15. The van der Waals surface area contributed by atoms with Gasteiger partial charge in [-0.1, -0.05) is 42.6 Å². The highest BCUT2D eigenvalue weighted by Crippen LogP contribution is 2.29. The number of aromatic amines is 1. The highest BCUT2D eigenvalue weighted by atomic mass is 35.5. The van der Waals surface area contributed by atoms with Crippen molar-refractivity contribution in [3.05, 3.63) is 71.4 Å². The van der Waals surface area contributed by atoms with Crippen LogP contribution in [0.3, 0.4) is 0 Å². The van der Waals surface area contributed by atoms with Gasteiger partial charge in [0.25, 0.3) is 5.91 Å². The van der Waals surface area contributed by atoms with Crippen molar-refractivity contribution in [1.29, 1.82) is 0 Å². The van der Waals surface area contributed by atoms with Crippen LogP contribution in [0.5, 0.6) is 0 Å². The molecule has 0 aliphatic heterocycles. The van der Waals surface area contributed by atoms with Gasteiger partial charge in [0.05, 0.1) is 11.2 Å². The summed E-state index contributed by atoms with van der Waals surface area (Å²) in [5, 5.41) is 7.57. The highest BCUT2D eigenvalue weighted by Gasteiger charge is 2.28. The number of benzene rings is 1. The van der Waals surface area contributed by atoms with E-state index in [-0.39, 0.29) is 23.8 Å². The number of pyridine rings is 1. The Hall–Kier alpha value is -3.52. The van der Waals surface area contributed by atoms with Crippen LogP contribution in [-0.2, 0) is 0 Å².